The molecule has 1 heterocycles. The van der Waals surface area contributed by atoms with Crippen LogP contribution in [-0.4, -0.2) is 18.9 Å². The number of rotatable bonds is 5. The first-order valence-corrected chi connectivity index (χ1v) is 9.07. The zero-order valence-corrected chi connectivity index (χ0v) is 15.8. The lowest BCUT2D eigenvalue weighted by molar-refractivity contribution is 0.0600. The molecule has 1 aliphatic heterocycles. The normalized spacial score (nSPS) is 13.7. The smallest absolute Gasteiger partial charge is 0.337 e. The van der Waals surface area contributed by atoms with Gasteiger partial charge in [0, 0.05) is 6.07 Å². The van der Waals surface area contributed by atoms with Crippen LogP contribution >= 0.6 is 0 Å². The summed E-state index contributed by atoms with van der Waals surface area (Å²) in [5, 5.41) is 0. The van der Waals surface area contributed by atoms with Crippen molar-refractivity contribution in [3.63, 3.8) is 0 Å². The zero-order chi connectivity index (χ0) is 20.2. The second kappa shape index (κ2) is 8.02. The van der Waals surface area contributed by atoms with Gasteiger partial charge in [0.15, 0.2) is 5.76 Å². The second-order valence-electron chi connectivity index (χ2n) is 6.49. The molecule has 3 aromatic carbocycles. The lowest BCUT2D eigenvalue weighted by atomic mass is 10.1. The van der Waals surface area contributed by atoms with E-state index in [9.17, 15) is 9.59 Å². The second-order valence-corrected chi connectivity index (χ2v) is 6.49. The minimum Gasteiger partial charge on any atom is -0.489 e. The van der Waals surface area contributed by atoms with E-state index in [-0.39, 0.29) is 11.8 Å². The molecule has 0 fully saturated rings. The third-order valence-corrected chi connectivity index (χ3v) is 4.52. The van der Waals surface area contributed by atoms with Gasteiger partial charge in [0.05, 0.1) is 18.2 Å². The number of fused-ring (bicyclic) bond motifs is 1. The van der Waals surface area contributed by atoms with Crippen LogP contribution in [-0.2, 0) is 11.3 Å². The molecule has 1 aliphatic rings. The maximum absolute atomic E-state index is 12.5. The summed E-state index contributed by atoms with van der Waals surface area (Å²) in [7, 11) is 1.35. The average Bonchev–Trinajstić information content (AvgIpc) is 3.07. The van der Waals surface area contributed by atoms with Crippen LogP contribution in [0.25, 0.3) is 6.08 Å². The first kappa shape index (κ1) is 18.5. The summed E-state index contributed by atoms with van der Waals surface area (Å²) in [6, 6.07) is 21.7. The number of carbonyl (C=O) groups is 2. The molecule has 0 amide bonds. The Morgan fingerprint density at radius 3 is 2.48 bits per heavy atom. The van der Waals surface area contributed by atoms with E-state index in [0.717, 1.165) is 11.1 Å². The van der Waals surface area contributed by atoms with Crippen LogP contribution < -0.4 is 9.47 Å². The molecule has 0 bridgehead atoms. The lowest BCUT2D eigenvalue weighted by Gasteiger charge is -2.08. The monoisotopic (exact) mass is 386 g/mol. The van der Waals surface area contributed by atoms with Crippen molar-refractivity contribution < 1.29 is 23.8 Å². The van der Waals surface area contributed by atoms with Crippen molar-refractivity contribution in [1.82, 2.24) is 0 Å². The number of ketones is 1. The predicted molar refractivity (Wildman–Crippen MR) is 108 cm³/mol. The van der Waals surface area contributed by atoms with Crippen molar-refractivity contribution in [2.75, 3.05) is 7.11 Å². The number of carbonyl (C=O) groups excluding carboxylic acids is 2. The first-order valence-electron chi connectivity index (χ1n) is 9.07. The molecule has 0 N–H and O–H groups in total. The molecule has 144 valence electrons. The summed E-state index contributed by atoms with van der Waals surface area (Å²) in [6.07, 6.45) is 1.73. The number of hydrogen-bond acceptors (Lipinski definition) is 5. The Morgan fingerprint density at radius 2 is 1.76 bits per heavy atom. The van der Waals surface area contributed by atoms with Gasteiger partial charge in [0.1, 0.15) is 18.1 Å². The minimum atomic E-state index is -0.378. The molecule has 5 nitrogen and oxygen atoms in total. The number of Topliss-reactive ketones (excluding diaryl/α,β-unsaturated/α-hetero) is 1. The number of esters is 1. The van der Waals surface area contributed by atoms with Crippen molar-refractivity contribution in [3.8, 4) is 11.5 Å². The fourth-order valence-electron chi connectivity index (χ4n) is 2.98. The summed E-state index contributed by atoms with van der Waals surface area (Å²) < 4.78 is 16.2. The Labute approximate surface area is 168 Å². The van der Waals surface area contributed by atoms with Crippen molar-refractivity contribution in [3.05, 3.63) is 101 Å². The van der Waals surface area contributed by atoms with Gasteiger partial charge in [-0.2, -0.15) is 0 Å². The average molecular weight is 386 g/mol. The zero-order valence-electron chi connectivity index (χ0n) is 15.8. The molecule has 0 aromatic heterocycles. The van der Waals surface area contributed by atoms with Crippen molar-refractivity contribution in [2.45, 2.75) is 6.61 Å². The topological polar surface area (TPSA) is 61.8 Å². The number of ether oxygens (including phenoxy) is 3. The van der Waals surface area contributed by atoms with E-state index >= 15 is 0 Å². The van der Waals surface area contributed by atoms with Gasteiger partial charge in [0.25, 0.3) is 0 Å². The number of hydrogen-bond donors (Lipinski definition) is 0. The fourth-order valence-corrected chi connectivity index (χ4v) is 2.98. The van der Waals surface area contributed by atoms with Gasteiger partial charge < -0.3 is 14.2 Å². The quantitative estimate of drug-likeness (QED) is 0.471. The summed E-state index contributed by atoms with van der Waals surface area (Å²) in [6.45, 7) is 0.320. The Balaban J connectivity index is 1.45. The van der Waals surface area contributed by atoms with Crippen LogP contribution in [0.15, 0.2) is 78.6 Å². The molecule has 0 spiro atoms. The predicted octanol–water partition coefficient (Wildman–Crippen LogP) is 4.67. The van der Waals surface area contributed by atoms with Gasteiger partial charge in [-0.15, -0.1) is 0 Å². The molecule has 0 saturated carbocycles. The van der Waals surface area contributed by atoms with Gasteiger partial charge >= 0.3 is 5.97 Å². The van der Waals surface area contributed by atoms with Crippen molar-refractivity contribution in [1.29, 1.82) is 0 Å². The van der Waals surface area contributed by atoms with Crippen LogP contribution in [0.4, 0.5) is 0 Å². The highest BCUT2D eigenvalue weighted by molar-refractivity contribution is 6.14. The van der Waals surface area contributed by atoms with Crippen LogP contribution in [0.5, 0.6) is 11.5 Å². The summed E-state index contributed by atoms with van der Waals surface area (Å²) in [4.78, 5) is 24.0. The molecule has 0 unspecified atom stereocenters. The van der Waals surface area contributed by atoms with E-state index in [2.05, 4.69) is 4.74 Å². The molecular weight excluding hydrogens is 368 g/mol. The maximum atomic E-state index is 12.5. The van der Waals surface area contributed by atoms with Gasteiger partial charge in [-0.3, -0.25) is 4.79 Å². The third-order valence-electron chi connectivity index (χ3n) is 4.52. The molecule has 4 rings (SSSR count). The molecule has 0 radical (unpaired) electrons. The molecule has 5 heteroatoms. The lowest BCUT2D eigenvalue weighted by Crippen LogP contribution is -2.02. The summed E-state index contributed by atoms with van der Waals surface area (Å²) in [5.41, 5.74) is 2.80. The number of allylic oxidation sites excluding steroid dienone is 1. The molecule has 0 aliphatic carbocycles. The summed E-state index contributed by atoms with van der Waals surface area (Å²) >= 11 is 0. The number of benzene rings is 3. The van der Waals surface area contributed by atoms with Gasteiger partial charge in [0.2, 0.25) is 5.78 Å². The van der Waals surface area contributed by atoms with Crippen LogP contribution in [0, 0.1) is 0 Å². The van der Waals surface area contributed by atoms with Gasteiger partial charge in [-0.05, 0) is 41.5 Å². The van der Waals surface area contributed by atoms with E-state index in [0.29, 0.717) is 35.0 Å². The highest BCUT2D eigenvalue weighted by Gasteiger charge is 2.27. The Morgan fingerprint density at radius 1 is 1.00 bits per heavy atom. The molecule has 0 saturated heterocycles. The highest BCUT2D eigenvalue weighted by Crippen LogP contribution is 2.35. The Bertz CT molecular complexity index is 1080. The Kier molecular flexibility index (Phi) is 5.12. The standard InChI is InChI=1S/C24H18O5/c1-27-24(26)18-9-7-17(8-10-18)15-28-19-11-12-20-21(14-19)29-22(23(20)25)13-16-5-3-2-4-6-16/h2-14H,15H2,1H3/b22-13-. The highest BCUT2D eigenvalue weighted by atomic mass is 16.5. The van der Waals surface area contributed by atoms with E-state index in [1.807, 2.05) is 30.3 Å². The first-order chi connectivity index (χ1) is 14.1. The van der Waals surface area contributed by atoms with Gasteiger partial charge in [-0.1, -0.05) is 42.5 Å². The van der Waals surface area contributed by atoms with Crippen LogP contribution in [0.2, 0.25) is 0 Å². The molecule has 0 atom stereocenters. The van der Waals surface area contributed by atoms with Crippen molar-refractivity contribution >= 4 is 17.8 Å². The SMILES string of the molecule is COC(=O)c1ccc(COc2ccc3c(c2)O/C(=C\c2ccccc2)C3=O)cc1. The van der Waals surface area contributed by atoms with Crippen LogP contribution in [0.3, 0.4) is 0 Å². The molecule has 3 aromatic rings. The Hall–Kier alpha value is -3.86. The van der Waals surface area contributed by atoms with E-state index < -0.39 is 0 Å². The van der Waals surface area contributed by atoms with Crippen molar-refractivity contribution in [2.24, 2.45) is 0 Å². The van der Waals surface area contributed by atoms with Crippen LogP contribution in [0.1, 0.15) is 31.8 Å². The maximum Gasteiger partial charge on any atom is 0.337 e. The third kappa shape index (κ3) is 4.04. The van der Waals surface area contributed by atoms with E-state index in [1.54, 1.807) is 48.5 Å². The minimum absolute atomic E-state index is 0.145. The fraction of sp³-hybridized carbons (Fsp3) is 0.0833. The summed E-state index contributed by atoms with van der Waals surface area (Å²) in [5.74, 6) is 0.845. The van der Waals surface area contributed by atoms with E-state index in [4.69, 9.17) is 9.47 Å². The van der Waals surface area contributed by atoms with E-state index in [1.165, 1.54) is 7.11 Å². The molecular formula is C24H18O5. The number of methoxy groups -OCH3 is 1. The van der Waals surface area contributed by atoms with Gasteiger partial charge in [-0.25, -0.2) is 4.79 Å². The largest absolute Gasteiger partial charge is 0.489 e. The molecule has 29 heavy (non-hydrogen) atoms.